The molecule has 1 amide bonds. The van der Waals surface area contributed by atoms with E-state index in [2.05, 4.69) is 6.92 Å². The zero-order chi connectivity index (χ0) is 20.1. The number of morpholine rings is 1. The van der Waals surface area contributed by atoms with Gasteiger partial charge in [0.1, 0.15) is 5.60 Å². The number of allylic oxidation sites excluding steroid dienone is 4. The molecule has 1 aliphatic heterocycles. The number of hydrogen-bond acceptors (Lipinski definition) is 5. The van der Waals surface area contributed by atoms with E-state index in [-0.39, 0.29) is 11.9 Å². The molecule has 2 fully saturated rings. The highest BCUT2D eigenvalue weighted by Crippen LogP contribution is 2.65. The van der Waals surface area contributed by atoms with Crippen molar-refractivity contribution in [2.24, 2.45) is 5.41 Å². The van der Waals surface area contributed by atoms with Crippen molar-refractivity contribution < 1.29 is 24.2 Å². The van der Waals surface area contributed by atoms with E-state index in [1.54, 1.807) is 11.8 Å². The summed E-state index contributed by atoms with van der Waals surface area (Å²) < 4.78 is 10.7. The molecule has 4 rings (SSSR count). The predicted octanol–water partition coefficient (Wildman–Crippen LogP) is 2.92. The summed E-state index contributed by atoms with van der Waals surface area (Å²) in [4.78, 5) is 26.7. The highest BCUT2D eigenvalue weighted by atomic mass is 16.6. The van der Waals surface area contributed by atoms with E-state index in [0.717, 1.165) is 41.6 Å². The summed E-state index contributed by atoms with van der Waals surface area (Å²) in [5.74, 6) is -0.154. The molecular weight excluding hydrogens is 358 g/mol. The molecule has 0 aromatic carbocycles. The lowest BCUT2D eigenvalue weighted by Crippen LogP contribution is -2.49. The summed E-state index contributed by atoms with van der Waals surface area (Å²) in [5.41, 5.74) is 3.35. The smallest absolute Gasteiger partial charge is 0.409 e. The van der Waals surface area contributed by atoms with E-state index in [4.69, 9.17) is 9.47 Å². The molecule has 6 nitrogen and oxygen atoms in total. The zero-order valence-corrected chi connectivity index (χ0v) is 17.0. The Bertz CT molecular complexity index is 807. The van der Waals surface area contributed by atoms with Gasteiger partial charge in [0.05, 0.1) is 19.8 Å². The van der Waals surface area contributed by atoms with Gasteiger partial charge >= 0.3 is 6.09 Å². The van der Waals surface area contributed by atoms with E-state index in [1.807, 2.05) is 13.0 Å². The second-order valence-corrected chi connectivity index (χ2v) is 8.52. The monoisotopic (exact) mass is 387 g/mol. The molecule has 1 saturated heterocycles. The third kappa shape index (κ3) is 2.85. The van der Waals surface area contributed by atoms with Gasteiger partial charge in [0.2, 0.25) is 0 Å². The first kappa shape index (κ1) is 19.4. The first-order valence-electron chi connectivity index (χ1n) is 10.2. The van der Waals surface area contributed by atoms with Crippen molar-refractivity contribution in [2.45, 2.75) is 52.1 Å². The summed E-state index contributed by atoms with van der Waals surface area (Å²) >= 11 is 0. The predicted molar refractivity (Wildman–Crippen MR) is 104 cm³/mol. The zero-order valence-electron chi connectivity index (χ0n) is 17.0. The largest absolute Gasteiger partial charge is 0.449 e. The molecule has 0 aromatic heterocycles. The Morgan fingerprint density at radius 3 is 2.61 bits per heavy atom. The summed E-state index contributed by atoms with van der Waals surface area (Å²) in [5, 5.41) is 10.9. The Morgan fingerprint density at radius 2 is 1.96 bits per heavy atom. The van der Waals surface area contributed by atoms with Gasteiger partial charge < -0.3 is 19.5 Å². The van der Waals surface area contributed by atoms with Crippen molar-refractivity contribution in [3.8, 4) is 0 Å². The molecule has 1 heterocycles. The van der Waals surface area contributed by atoms with Gasteiger partial charge in [-0.2, -0.15) is 0 Å². The SMILES string of the molecule is CC1=C(CCCOC(=O)N2CCOCC2)C2=C(C)C3(CC3)[C@@](C)(O)C(=O)C2=C1. The number of rotatable bonds is 4. The minimum Gasteiger partial charge on any atom is -0.449 e. The minimum absolute atomic E-state index is 0.154. The fourth-order valence-electron chi connectivity index (χ4n) is 4.98. The minimum atomic E-state index is -1.31. The van der Waals surface area contributed by atoms with Crippen LogP contribution in [0.15, 0.2) is 33.9 Å². The number of amides is 1. The number of ether oxygens (including phenoxy) is 2. The Hall–Kier alpha value is -1.92. The molecule has 152 valence electrons. The number of ketones is 1. The van der Waals surface area contributed by atoms with E-state index in [9.17, 15) is 14.7 Å². The molecule has 0 radical (unpaired) electrons. The second kappa shape index (κ2) is 6.85. The van der Waals surface area contributed by atoms with E-state index >= 15 is 0 Å². The van der Waals surface area contributed by atoms with Crippen LogP contribution < -0.4 is 0 Å². The van der Waals surface area contributed by atoms with Crippen LogP contribution in [0.2, 0.25) is 0 Å². The number of aliphatic hydroxyl groups is 1. The summed E-state index contributed by atoms with van der Waals surface area (Å²) in [6.07, 6.45) is 4.81. The average molecular weight is 387 g/mol. The normalized spacial score (nSPS) is 28.6. The van der Waals surface area contributed by atoms with Gasteiger partial charge in [-0.05, 0) is 69.2 Å². The summed E-state index contributed by atoms with van der Waals surface area (Å²) in [6.45, 7) is 8.37. The maximum atomic E-state index is 13.0. The van der Waals surface area contributed by atoms with Crippen LogP contribution in [0.25, 0.3) is 0 Å². The molecule has 3 aliphatic carbocycles. The number of carbonyl (C=O) groups excluding carboxylic acids is 2. The Kier molecular flexibility index (Phi) is 4.74. The van der Waals surface area contributed by atoms with Crippen LogP contribution in [0, 0.1) is 5.41 Å². The van der Waals surface area contributed by atoms with Crippen LogP contribution in [0.5, 0.6) is 0 Å². The maximum Gasteiger partial charge on any atom is 0.409 e. The first-order chi connectivity index (χ1) is 13.3. The van der Waals surface area contributed by atoms with Crippen molar-refractivity contribution >= 4 is 11.9 Å². The Balaban J connectivity index is 1.41. The van der Waals surface area contributed by atoms with Gasteiger partial charge in [0, 0.05) is 24.1 Å². The van der Waals surface area contributed by atoms with Gasteiger partial charge in [0.25, 0.3) is 0 Å². The van der Waals surface area contributed by atoms with Crippen molar-refractivity contribution in [1.29, 1.82) is 0 Å². The lowest BCUT2D eigenvalue weighted by atomic mass is 9.67. The highest BCUT2D eigenvalue weighted by molar-refractivity contribution is 6.10. The fourth-order valence-corrected chi connectivity index (χ4v) is 4.98. The quantitative estimate of drug-likeness (QED) is 0.751. The summed E-state index contributed by atoms with van der Waals surface area (Å²) in [6, 6.07) is 0. The molecule has 1 saturated carbocycles. The number of fused-ring (bicyclic) bond motifs is 1. The molecule has 4 aliphatic rings. The third-order valence-electron chi connectivity index (χ3n) is 6.94. The lowest BCUT2D eigenvalue weighted by molar-refractivity contribution is -0.137. The van der Waals surface area contributed by atoms with Crippen LogP contribution in [-0.4, -0.2) is 60.4 Å². The standard InChI is InChI=1S/C22H29NO5/c1-14-13-17-18(15(2)22(6-7-22)21(3,26)19(17)24)16(14)5-4-10-28-20(25)23-8-11-27-12-9-23/h13,26H,4-12H2,1-3H3/t21-/m0/s1. The maximum absolute atomic E-state index is 13.0. The van der Waals surface area contributed by atoms with Crippen LogP contribution in [0.1, 0.15) is 46.5 Å². The number of carbonyl (C=O) groups is 2. The highest BCUT2D eigenvalue weighted by Gasteiger charge is 2.64. The number of Topliss-reactive ketones (excluding diaryl/α,β-unsaturated/α-hetero) is 1. The Labute approximate surface area is 165 Å². The average Bonchev–Trinajstić information content (AvgIpc) is 3.44. The van der Waals surface area contributed by atoms with Gasteiger partial charge in [-0.1, -0.05) is 5.57 Å². The first-order valence-corrected chi connectivity index (χ1v) is 10.2. The molecule has 0 bridgehead atoms. The molecule has 6 heteroatoms. The van der Waals surface area contributed by atoms with E-state index in [0.29, 0.717) is 44.9 Å². The molecule has 0 unspecified atom stereocenters. The van der Waals surface area contributed by atoms with Crippen LogP contribution in [0.4, 0.5) is 4.79 Å². The van der Waals surface area contributed by atoms with E-state index < -0.39 is 11.0 Å². The van der Waals surface area contributed by atoms with Gasteiger partial charge in [-0.15, -0.1) is 0 Å². The Morgan fingerprint density at radius 1 is 1.29 bits per heavy atom. The molecule has 1 N–H and O–H groups in total. The van der Waals surface area contributed by atoms with Gasteiger partial charge in [0.15, 0.2) is 5.78 Å². The number of hydrogen-bond donors (Lipinski definition) is 1. The molecular formula is C22H29NO5. The van der Waals surface area contributed by atoms with Crippen molar-refractivity contribution in [3.05, 3.63) is 33.9 Å². The van der Waals surface area contributed by atoms with Crippen LogP contribution in [0.3, 0.4) is 0 Å². The van der Waals surface area contributed by atoms with Crippen molar-refractivity contribution in [2.75, 3.05) is 32.9 Å². The van der Waals surface area contributed by atoms with Gasteiger partial charge in [-0.3, -0.25) is 4.79 Å². The molecule has 0 aromatic rings. The second-order valence-electron chi connectivity index (χ2n) is 8.52. The molecule has 1 atom stereocenters. The van der Waals surface area contributed by atoms with E-state index in [1.165, 1.54) is 0 Å². The number of nitrogens with zero attached hydrogens (tertiary/aromatic N) is 1. The summed E-state index contributed by atoms with van der Waals surface area (Å²) in [7, 11) is 0. The fraction of sp³-hybridized carbons (Fsp3) is 0.636. The third-order valence-corrected chi connectivity index (χ3v) is 6.94. The van der Waals surface area contributed by atoms with Crippen LogP contribution >= 0.6 is 0 Å². The molecule has 1 spiro atoms. The van der Waals surface area contributed by atoms with Gasteiger partial charge in [-0.25, -0.2) is 4.79 Å². The molecule has 28 heavy (non-hydrogen) atoms. The van der Waals surface area contributed by atoms with Crippen molar-refractivity contribution in [1.82, 2.24) is 4.90 Å². The lowest BCUT2D eigenvalue weighted by Gasteiger charge is -2.39. The van der Waals surface area contributed by atoms with Crippen LogP contribution in [-0.2, 0) is 14.3 Å². The topological polar surface area (TPSA) is 76.1 Å². The van der Waals surface area contributed by atoms with Crippen molar-refractivity contribution in [3.63, 3.8) is 0 Å².